The largest absolute Gasteiger partial charge is 0.355 e. The minimum absolute atomic E-state index is 0.660. The van der Waals surface area contributed by atoms with Crippen LogP contribution in [0.5, 0.6) is 0 Å². The van der Waals surface area contributed by atoms with Crippen LogP contribution < -0.4 is 10.2 Å². The van der Waals surface area contributed by atoms with Gasteiger partial charge in [0.05, 0.1) is 0 Å². The van der Waals surface area contributed by atoms with Gasteiger partial charge >= 0.3 is 0 Å². The molecule has 2 bridgehead atoms. The number of rotatable bonds is 1. The second-order valence-electron chi connectivity index (χ2n) is 4.44. The van der Waals surface area contributed by atoms with Gasteiger partial charge in [-0.05, 0) is 25.3 Å². The molecule has 0 aliphatic carbocycles. The first-order chi connectivity index (χ1) is 7.42. The molecule has 0 aromatic carbocycles. The smallest absolute Gasteiger partial charge is 0.131 e. The van der Waals surface area contributed by atoms with Crippen molar-refractivity contribution in [1.29, 1.82) is 0 Å². The molecule has 3 heterocycles. The topological polar surface area (TPSA) is 41.0 Å². The van der Waals surface area contributed by atoms with E-state index in [1.807, 2.05) is 12.3 Å². The molecule has 0 spiro atoms. The SMILES string of the molecule is c1cc(N2CCC3CCC(C2)N3)ncn1. The van der Waals surface area contributed by atoms with E-state index in [1.165, 1.54) is 19.3 Å². The Morgan fingerprint density at radius 1 is 1.27 bits per heavy atom. The van der Waals surface area contributed by atoms with Crippen LogP contribution in [0.4, 0.5) is 5.82 Å². The van der Waals surface area contributed by atoms with Crippen molar-refractivity contribution in [2.75, 3.05) is 18.0 Å². The van der Waals surface area contributed by atoms with Crippen molar-refractivity contribution in [3.05, 3.63) is 18.6 Å². The maximum Gasteiger partial charge on any atom is 0.131 e. The quantitative estimate of drug-likeness (QED) is 0.735. The average molecular weight is 204 g/mol. The Morgan fingerprint density at radius 3 is 3.07 bits per heavy atom. The Morgan fingerprint density at radius 2 is 2.20 bits per heavy atom. The van der Waals surface area contributed by atoms with Gasteiger partial charge in [0.25, 0.3) is 0 Å². The van der Waals surface area contributed by atoms with Crippen molar-refractivity contribution < 1.29 is 0 Å². The van der Waals surface area contributed by atoms with E-state index in [0.717, 1.165) is 24.9 Å². The molecule has 1 aromatic heterocycles. The van der Waals surface area contributed by atoms with Crippen LogP contribution in [0.1, 0.15) is 19.3 Å². The molecule has 2 fully saturated rings. The lowest BCUT2D eigenvalue weighted by Gasteiger charge is -2.24. The normalized spacial score (nSPS) is 30.3. The number of anilines is 1. The van der Waals surface area contributed by atoms with Crippen LogP contribution in [0, 0.1) is 0 Å². The second-order valence-corrected chi connectivity index (χ2v) is 4.44. The van der Waals surface area contributed by atoms with Gasteiger partial charge in [-0.2, -0.15) is 0 Å². The summed E-state index contributed by atoms with van der Waals surface area (Å²) in [6.45, 7) is 2.21. The molecule has 15 heavy (non-hydrogen) atoms. The summed E-state index contributed by atoms with van der Waals surface area (Å²) in [7, 11) is 0. The van der Waals surface area contributed by atoms with Crippen LogP contribution in [-0.4, -0.2) is 35.1 Å². The first-order valence-corrected chi connectivity index (χ1v) is 5.69. The van der Waals surface area contributed by atoms with E-state index in [2.05, 4.69) is 20.2 Å². The predicted molar refractivity (Wildman–Crippen MR) is 58.8 cm³/mol. The molecule has 1 aromatic rings. The Hall–Kier alpha value is -1.16. The molecule has 1 N–H and O–H groups in total. The first-order valence-electron chi connectivity index (χ1n) is 5.69. The number of nitrogens with zero attached hydrogens (tertiary/aromatic N) is 3. The summed E-state index contributed by atoms with van der Waals surface area (Å²) in [5, 5.41) is 3.67. The van der Waals surface area contributed by atoms with Gasteiger partial charge in [-0.3, -0.25) is 0 Å². The lowest BCUT2D eigenvalue weighted by atomic mass is 10.1. The van der Waals surface area contributed by atoms with Crippen LogP contribution in [0.3, 0.4) is 0 Å². The van der Waals surface area contributed by atoms with Gasteiger partial charge in [-0.1, -0.05) is 0 Å². The highest BCUT2D eigenvalue weighted by molar-refractivity contribution is 5.37. The zero-order valence-corrected chi connectivity index (χ0v) is 8.76. The van der Waals surface area contributed by atoms with E-state index in [4.69, 9.17) is 0 Å². The predicted octanol–water partition coefficient (Wildman–Crippen LogP) is 0.807. The number of hydrogen-bond donors (Lipinski definition) is 1. The summed E-state index contributed by atoms with van der Waals surface area (Å²) >= 11 is 0. The van der Waals surface area contributed by atoms with Crippen LogP contribution in [-0.2, 0) is 0 Å². The minimum atomic E-state index is 0.660. The minimum Gasteiger partial charge on any atom is -0.355 e. The molecule has 2 aliphatic heterocycles. The summed E-state index contributed by atoms with van der Waals surface area (Å²) < 4.78 is 0. The van der Waals surface area contributed by atoms with E-state index < -0.39 is 0 Å². The van der Waals surface area contributed by atoms with Gasteiger partial charge in [0, 0.05) is 31.4 Å². The third kappa shape index (κ3) is 1.81. The van der Waals surface area contributed by atoms with Crippen molar-refractivity contribution in [3.63, 3.8) is 0 Å². The monoisotopic (exact) mass is 204 g/mol. The molecule has 80 valence electrons. The van der Waals surface area contributed by atoms with E-state index in [9.17, 15) is 0 Å². The van der Waals surface area contributed by atoms with Crippen molar-refractivity contribution in [1.82, 2.24) is 15.3 Å². The lowest BCUT2D eigenvalue weighted by molar-refractivity contribution is 0.563. The highest BCUT2D eigenvalue weighted by Gasteiger charge is 2.29. The van der Waals surface area contributed by atoms with Gasteiger partial charge in [0.2, 0.25) is 0 Å². The third-order valence-corrected chi connectivity index (χ3v) is 3.41. The Kier molecular flexibility index (Phi) is 2.29. The highest BCUT2D eigenvalue weighted by atomic mass is 15.2. The van der Waals surface area contributed by atoms with Crippen molar-refractivity contribution >= 4 is 5.82 Å². The second kappa shape index (κ2) is 3.77. The average Bonchev–Trinajstić information content (AvgIpc) is 2.60. The maximum absolute atomic E-state index is 4.31. The fourth-order valence-electron chi connectivity index (χ4n) is 2.62. The fraction of sp³-hybridized carbons (Fsp3) is 0.636. The molecule has 0 amide bonds. The number of fused-ring (bicyclic) bond motifs is 2. The van der Waals surface area contributed by atoms with E-state index in [0.29, 0.717) is 6.04 Å². The van der Waals surface area contributed by atoms with Gasteiger partial charge in [-0.25, -0.2) is 9.97 Å². The maximum atomic E-state index is 4.31. The van der Waals surface area contributed by atoms with Gasteiger partial charge < -0.3 is 10.2 Å². The number of aromatic nitrogens is 2. The third-order valence-electron chi connectivity index (χ3n) is 3.41. The van der Waals surface area contributed by atoms with Crippen molar-refractivity contribution in [2.24, 2.45) is 0 Å². The van der Waals surface area contributed by atoms with E-state index in [1.54, 1.807) is 6.33 Å². The molecule has 3 rings (SSSR count). The summed E-state index contributed by atoms with van der Waals surface area (Å²) in [4.78, 5) is 10.6. The molecule has 0 saturated carbocycles. The zero-order valence-electron chi connectivity index (χ0n) is 8.76. The number of hydrogen-bond acceptors (Lipinski definition) is 4. The zero-order chi connectivity index (χ0) is 10.1. The standard InChI is InChI=1S/C11H16N4/c1-2-10-7-15(6-4-9(1)14-10)11-3-5-12-8-13-11/h3,5,8-10,14H,1-2,4,6-7H2. The molecule has 4 nitrogen and oxygen atoms in total. The lowest BCUT2D eigenvalue weighted by Crippen LogP contribution is -2.35. The Bertz CT molecular complexity index is 327. The van der Waals surface area contributed by atoms with Crippen LogP contribution in [0.15, 0.2) is 18.6 Å². The molecular formula is C11H16N4. The van der Waals surface area contributed by atoms with E-state index >= 15 is 0 Å². The summed E-state index contributed by atoms with van der Waals surface area (Å²) in [5.74, 6) is 1.07. The molecule has 2 saturated heterocycles. The summed E-state index contributed by atoms with van der Waals surface area (Å²) in [5.41, 5.74) is 0. The summed E-state index contributed by atoms with van der Waals surface area (Å²) in [6, 6.07) is 3.40. The first kappa shape index (κ1) is 9.09. The Balaban J connectivity index is 1.77. The Labute approximate surface area is 89.7 Å². The molecule has 0 radical (unpaired) electrons. The van der Waals surface area contributed by atoms with Gasteiger partial charge in [0.1, 0.15) is 12.1 Å². The molecule has 2 unspecified atom stereocenters. The van der Waals surface area contributed by atoms with Crippen LogP contribution in [0.25, 0.3) is 0 Å². The van der Waals surface area contributed by atoms with Crippen LogP contribution >= 0.6 is 0 Å². The summed E-state index contributed by atoms with van der Waals surface area (Å²) in [6.07, 6.45) is 7.35. The number of nitrogens with one attached hydrogen (secondary N) is 1. The van der Waals surface area contributed by atoms with Crippen molar-refractivity contribution in [3.8, 4) is 0 Å². The molecule has 2 aliphatic rings. The molecule has 4 heteroatoms. The highest BCUT2D eigenvalue weighted by Crippen LogP contribution is 2.22. The van der Waals surface area contributed by atoms with E-state index in [-0.39, 0.29) is 0 Å². The fourth-order valence-corrected chi connectivity index (χ4v) is 2.62. The van der Waals surface area contributed by atoms with Gasteiger partial charge in [-0.15, -0.1) is 0 Å². The van der Waals surface area contributed by atoms with Crippen molar-refractivity contribution in [2.45, 2.75) is 31.3 Å². The molecular weight excluding hydrogens is 188 g/mol. The van der Waals surface area contributed by atoms with Gasteiger partial charge in [0.15, 0.2) is 0 Å². The van der Waals surface area contributed by atoms with Crippen LogP contribution in [0.2, 0.25) is 0 Å². The molecule has 2 atom stereocenters.